The molecule has 5 aromatic rings. The number of aliphatic hydroxyl groups is 1. The number of aliphatic hydroxyl groups excluding tert-OH is 1. The smallest absolute Gasteiger partial charge is 0.216 e. The summed E-state index contributed by atoms with van der Waals surface area (Å²) in [6.45, 7) is 5.80. The molecule has 1 N–H and O–H groups in total. The van der Waals surface area contributed by atoms with Crippen molar-refractivity contribution in [1.29, 1.82) is 0 Å². The summed E-state index contributed by atoms with van der Waals surface area (Å²) >= 11 is 1.86. The van der Waals surface area contributed by atoms with Gasteiger partial charge in [0.2, 0.25) is 5.71 Å². The Hall–Kier alpha value is -2.86. The molecule has 6 rings (SSSR count). The van der Waals surface area contributed by atoms with Crippen molar-refractivity contribution in [3.05, 3.63) is 70.6 Å². The fraction of sp³-hybridized carbons (Fsp3) is 0.417. The predicted octanol–water partition coefficient (Wildman–Crippen LogP) is 10.1. The van der Waals surface area contributed by atoms with E-state index in [0.29, 0.717) is 11.3 Å². The number of allylic oxidation sites excluding steroid dienone is 2. The van der Waals surface area contributed by atoms with Crippen molar-refractivity contribution in [2.75, 3.05) is 0 Å². The van der Waals surface area contributed by atoms with Crippen LogP contribution in [0.4, 0.5) is 0 Å². The summed E-state index contributed by atoms with van der Waals surface area (Å²) in [5.74, 6) is 0.547. The second-order valence-corrected chi connectivity index (χ2v) is 12.2. The molecule has 1 radical (unpaired) electrons. The minimum Gasteiger partial charge on any atom is -0.512 e. The van der Waals surface area contributed by atoms with Crippen LogP contribution in [0.1, 0.15) is 86.5 Å². The summed E-state index contributed by atoms with van der Waals surface area (Å²) in [7, 11) is 0. The number of carbonyl (C=O) groups excluding carboxylic acids is 1. The second-order valence-electron chi connectivity index (χ2n) is 11.0. The summed E-state index contributed by atoms with van der Waals surface area (Å²) in [6.07, 6.45) is 11.6. The van der Waals surface area contributed by atoms with E-state index in [1.807, 2.05) is 57.4 Å². The molecular formula is C36H41IrN2O3S-. The van der Waals surface area contributed by atoms with Gasteiger partial charge in [0.25, 0.3) is 0 Å². The molecule has 0 saturated carbocycles. The zero-order chi connectivity index (χ0) is 32.3. The van der Waals surface area contributed by atoms with Crippen LogP contribution in [-0.2, 0) is 37.7 Å². The number of pyridine rings is 2. The van der Waals surface area contributed by atoms with E-state index < -0.39 is 6.85 Å². The maximum absolute atomic E-state index is 11.7. The third-order valence-corrected chi connectivity index (χ3v) is 9.72. The number of nitrogens with zero attached hydrogens (tertiary/aromatic N) is 2. The number of aryl methyl sites for hydroxylation is 3. The Morgan fingerprint density at radius 1 is 1.07 bits per heavy atom. The summed E-state index contributed by atoms with van der Waals surface area (Å²) in [5, 5.41) is 12.7. The number of aromatic nitrogens is 2. The number of thiophene rings is 1. The topological polar surface area (TPSA) is 76.2 Å². The minimum atomic E-state index is -2.27. The molecule has 4 heterocycles. The number of carbonyl (C=O) groups is 1. The van der Waals surface area contributed by atoms with Crippen LogP contribution in [-0.4, -0.2) is 20.9 Å². The number of fused-ring (bicyclic) bond motifs is 6. The molecule has 0 fully saturated rings. The first kappa shape index (κ1) is 28.9. The largest absolute Gasteiger partial charge is 0.512 e. The van der Waals surface area contributed by atoms with Crippen LogP contribution < -0.4 is 0 Å². The summed E-state index contributed by atoms with van der Waals surface area (Å²) in [6, 6.07) is 12.5. The van der Waals surface area contributed by atoms with Crippen LogP contribution in [0.3, 0.4) is 0 Å². The normalized spacial score (nSPS) is 14.7. The molecule has 0 unspecified atom stereocenters. The molecule has 1 aliphatic carbocycles. The Morgan fingerprint density at radius 2 is 1.81 bits per heavy atom. The average Bonchev–Trinajstić information content (AvgIpc) is 3.59. The van der Waals surface area contributed by atoms with Crippen LogP contribution in [0.2, 0.25) is 0 Å². The van der Waals surface area contributed by atoms with Gasteiger partial charge in [0.15, 0.2) is 5.78 Å². The molecule has 0 bridgehead atoms. The quantitative estimate of drug-likeness (QED) is 0.0965. The number of ketones is 1. The van der Waals surface area contributed by atoms with Crippen molar-refractivity contribution in [3.8, 4) is 11.3 Å². The van der Waals surface area contributed by atoms with E-state index in [1.54, 1.807) is 12.1 Å². The van der Waals surface area contributed by atoms with Gasteiger partial charge in [-0.2, -0.15) is 0 Å². The maximum Gasteiger partial charge on any atom is 0.216 e. The van der Waals surface area contributed by atoms with E-state index in [-0.39, 0.29) is 49.2 Å². The van der Waals surface area contributed by atoms with Crippen LogP contribution in [0.5, 0.6) is 0 Å². The van der Waals surface area contributed by atoms with Gasteiger partial charge in [-0.25, -0.2) is 4.98 Å². The summed E-state index contributed by atoms with van der Waals surface area (Å²) < 4.78 is 30.1. The van der Waals surface area contributed by atoms with Crippen molar-refractivity contribution in [2.45, 2.75) is 85.9 Å². The first-order chi connectivity index (χ1) is 21.6. The fourth-order valence-corrected chi connectivity index (χ4v) is 7.14. The molecule has 7 heteroatoms. The molecule has 1 aliphatic rings. The monoisotopic (exact) mass is 777 g/mol. The average molecular weight is 777 g/mol. The van der Waals surface area contributed by atoms with Crippen LogP contribution in [0.15, 0.2) is 52.8 Å². The van der Waals surface area contributed by atoms with Gasteiger partial charge in [0.05, 0.1) is 16.0 Å². The van der Waals surface area contributed by atoms with E-state index in [9.17, 15) is 9.90 Å². The molecule has 0 atom stereocenters. The number of hydrogen-bond donors (Lipinski definition) is 1. The molecule has 1 aromatic carbocycles. The molecule has 5 nitrogen and oxygen atoms in total. The van der Waals surface area contributed by atoms with Crippen LogP contribution in [0.25, 0.3) is 43.4 Å². The Bertz CT molecular complexity index is 1850. The van der Waals surface area contributed by atoms with E-state index in [0.717, 1.165) is 60.6 Å². The molecule has 0 aliphatic heterocycles. The number of furan rings is 1. The number of rotatable bonds is 8. The van der Waals surface area contributed by atoms with E-state index >= 15 is 0 Å². The third kappa shape index (κ3) is 6.95. The molecular weight excluding hydrogens is 733 g/mol. The van der Waals surface area contributed by atoms with E-state index in [1.165, 1.54) is 39.4 Å². The van der Waals surface area contributed by atoms with Gasteiger partial charge in [0, 0.05) is 64.3 Å². The first-order valence-electron chi connectivity index (χ1n) is 16.7. The molecule has 229 valence electrons. The fourth-order valence-electron chi connectivity index (χ4n) is 5.90. The van der Waals surface area contributed by atoms with Crippen molar-refractivity contribution in [1.82, 2.24) is 9.97 Å². The Kier molecular flexibility index (Phi) is 9.90. The standard InChI is InChI=1S/C23H17N2OS.C13H24O2.Ir/c1-13-9-10-16-15-6-4-7-17(22(15)26-23(16)25-13)19-11-18-14-5-2-3-8-20(14)27-21(18)12-24-19;1-5-10(6-2)12(14)9-13(15)11(7-3)8-4;/h4,6,9-12H,2-3,5,8H2,1H3;9-11,14H,5-8H2,1-4H3;/q-1;;/b;12-9-;/i1D3;;. The van der Waals surface area contributed by atoms with Crippen LogP contribution >= 0.6 is 11.3 Å². The molecule has 0 spiro atoms. The van der Waals surface area contributed by atoms with Crippen molar-refractivity contribution < 1.29 is 38.5 Å². The summed E-state index contributed by atoms with van der Waals surface area (Å²) in [5.41, 5.74) is 4.05. The zero-order valence-electron chi connectivity index (χ0n) is 28.3. The van der Waals surface area contributed by atoms with Crippen molar-refractivity contribution in [3.63, 3.8) is 0 Å². The van der Waals surface area contributed by atoms with E-state index in [4.69, 9.17) is 13.5 Å². The van der Waals surface area contributed by atoms with Gasteiger partial charge in [-0.05, 0) is 87.0 Å². The van der Waals surface area contributed by atoms with Crippen molar-refractivity contribution >= 4 is 49.3 Å². The maximum atomic E-state index is 11.7. The Morgan fingerprint density at radius 3 is 2.53 bits per heavy atom. The third-order valence-electron chi connectivity index (χ3n) is 8.48. The van der Waals surface area contributed by atoms with Crippen LogP contribution in [0, 0.1) is 24.8 Å². The molecule has 4 aromatic heterocycles. The van der Waals surface area contributed by atoms with Gasteiger partial charge in [0.1, 0.15) is 0 Å². The zero-order valence-corrected chi connectivity index (χ0v) is 28.5. The molecule has 0 saturated heterocycles. The van der Waals surface area contributed by atoms with Gasteiger partial charge >= 0.3 is 0 Å². The minimum absolute atomic E-state index is 0. The number of benzene rings is 1. The predicted molar refractivity (Wildman–Crippen MR) is 174 cm³/mol. The van der Waals surface area contributed by atoms with E-state index in [2.05, 4.69) is 17.1 Å². The van der Waals surface area contributed by atoms with Gasteiger partial charge < -0.3 is 14.5 Å². The second kappa shape index (κ2) is 14.7. The summed E-state index contributed by atoms with van der Waals surface area (Å²) in [4.78, 5) is 22.2. The van der Waals surface area contributed by atoms with Gasteiger partial charge in [-0.1, -0.05) is 44.7 Å². The first-order valence-corrected chi connectivity index (χ1v) is 16.0. The van der Waals surface area contributed by atoms with Gasteiger partial charge in [-0.15, -0.1) is 29.5 Å². The Labute approximate surface area is 276 Å². The van der Waals surface area contributed by atoms with Crippen molar-refractivity contribution in [2.24, 2.45) is 11.8 Å². The Balaban J connectivity index is 0.000000259. The van der Waals surface area contributed by atoms with Gasteiger partial charge in [-0.3, -0.25) is 4.79 Å². The number of hydrogen-bond acceptors (Lipinski definition) is 6. The SMILES string of the molecule is CCC(CC)C(=O)/C=C(\O)C(CC)CC.[2H]C([2H])([2H])c1ccc2c(n1)oc1c(-c3cc4c5c(sc4cn3)CCCC5)[c-]ccc12.[Ir]. The molecule has 0 amide bonds. The molecule has 43 heavy (non-hydrogen) atoms.